The Bertz CT molecular complexity index is 274. The largest absolute Gasteiger partial charge is 0.396 e. The van der Waals surface area contributed by atoms with Gasteiger partial charge < -0.3 is 10.2 Å². The van der Waals surface area contributed by atoms with Gasteiger partial charge in [-0.3, -0.25) is 0 Å². The van der Waals surface area contributed by atoms with Gasteiger partial charge in [-0.25, -0.2) is 0 Å². The fraction of sp³-hybridized carbons (Fsp3) is 0.500. The van der Waals surface area contributed by atoms with E-state index >= 15 is 0 Å². The Hall–Kier alpha value is -0.510. The van der Waals surface area contributed by atoms with E-state index in [4.69, 9.17) is 10.2 Å². The van der Waals surface area contributed by atoms with Gasteiger partial charge >= 0.3 is 0 Å². The van der Waals surface area contributed by atoms with Gasteiger partial charge in [-0.2, -0.15) is 0 Å². The number of aliphatic hydroxyl groups is 2. The number of aliphatic hydroxyl groups excluding tert-OH is 2. The summed E-state index contributed by atoms with van der Waals surface area (Å²) in [6.45, 7) is 6.26. The highest BCUT2D eigenvalue weighted by atomic mass is 32.2. The first kappa shape index (κ1) is 14.5. The van der Waals surface area contributed by atoms with E-state index in [0.717, 1.165) is 16.0 Å². The summed E-state index contributed by atoms with van der Waals surface area (Å²) < 4.78 is 0. The van der Waals surface area contributed by atoms with Crippen LogP contribution in [0.5, 0.6) is 0 Å². The normalized spacial score (nSPS) is 9.40. The molecule has 0 atom stereocenters. The molecule has 0 spiro atoms. The monoisotopic (exact) mass is 228 g/mol. The van der Waals surface area contributed by atoms with Crippen LogP contribution in [0.15, 0.2) is 23.1 Å². The molecule has 15 heavy (non-hydrogen) atoms. The van der Waals surface area contributed by atoms with Crippen molar-refractivity contribution in [3.8, 4) is 0 Å². The van der Waals surface area contributed by atoms with Gasteiger partial charge in [0.15, 0.2) is 0 Å². The molecule has 1 rings (SSSR count). The maximum atomic E-state index is 9.01. The van der Waals surface area contributed by atoms with Crippen LogP contribution in [0.25, 0.3) is 0 Å². The zero-order chi connectivity index (χ0) is 11.7. The number of hydrogen-bond acceptors (Lipinski definition) is 3. The SMILES string of the molecule is CC.Cc1c(CO)cccc1SCCO. The molecule has 0 heterocycles. The average molecular weight is 228 g/mol. The summed E-state index contributed by atoms with van der Waals surface area (Å²) >= 11 is 1.62. The van der Waals surface area contributed by atoms with E-state index in [2.05, 4.69) is 0 Å². The summed E-state index contributed by atoms with van der Waals surface area (Å²) in [6.07, 6.45) is 0. The van der Waals surface area contributed by atoms with Crippen molar-refractivity contribution in [3.05, 3.63) is 29.3 Å². The number of benzene rings is 1. The van der Waals surface area contributed by atoms with Crippen LogP contribution in [0.3, 0.4) is 0 Å². The van der Waals surface area contributed by atoms with Gasteiger partial charge in [0.25, 0.3) is 0 Å². The Kier molecular flexibility index (Phi) is 8.47. The van der Waals surface area contributed by atoms with E-state index in [1.807, 2.05) is 39.0 Å². The molecule has 0 aliphatic heterocycles. The van der Waals surface area contributed by atoms with Crippen LogP contribution in [0.4, 0.5) is 0 Å². The Labute approximate surface area is 96.3 Å². The summed E-state index contributed by atoms with van der Waals surface area (Å²) in [6, 6.07) is 5.85. The molecule has 0 aliphatic rings. The lowest BCUT2D eigenvalue weighted by Gasteiger charge is -2.07. The van der Waals surface area contributed by atoms with E-state index < -0.39 is 0 Å². The van der Waals surface area contributed by atoms with Crippen molar-refractivity contribution in [2.75, 3.05) is 12.4 Å². The lowest BCUT2D eigenvalue weighted by molar-refractivity contribution is 0.280. The van der Waals surface area contributed by atoms with E-state index in [1.54, 1.807) is 11.8 Å². The predicted molar refractivity (Wildman–Crippen MR) is 66.3 cm³/mol. The smallest absolute Gasteiger partial charge is 0.0684 e. The van der Waals surface area contributed by atoms with Crippen molar-refractivity contribution in [1.82, 2.24) is 0 Å². The van der Waals surface area contributed by atoms with Crippen LogP contribution in [-0.4, -0.2) is 22.6 Å². The maximum Gasteiger partial charge on any atom is 0.0684 e. The summed E-state index contributed by atoms with van der Waals surface area (Å²) in [5.41, 5.74) is 2.08. The van der Waals surface area contributed by atoms with Crippen molar-refractivity contribution in [1.29, 1.82) is 0 Å². The van der Waals surface area contributed by atoms with Crippen molar-refractivity contribution in [2.24, 2.45) is 0 Å². The molecule has 2 nitrogen and oxygen atoms in total. The van der Waals surface area contributed by atoms with E-state index in [1.165, 1.54) is 0 Å². The molecule has 1 aromatic rings. The Morgan fingerprint density at radius 2 is 1.87 bits per heavy atom. The van der Waals surface area contributed by atoms with Crippen LogP contribution in [-0.2, 0) is 6.61 Å². The van der Waals surface area contributed by atoms with Crippen LogP contribution in [0, 0.1) is 6.92 Å². The molecular formula is C12H20O2S. The van der Waals surface area contributed by atoms with Gasteiger partial charge in [0.05, 0.1) is 13.2 Å². The fourth-order valence-electron chi connectivity index (χ4n) is 1.14. The molecule has 0 amide bonds. The average Bonchev–Trinajstić information content (AvgIpc) is 2.30. The number of rotatable bonds is 4. The molecule has 0 radical (unpaired) electrons. The van der Waals surface area contributed by atoms with E-state index in [9.17, 15) is 0 Å². The highest BCUT2D eigenvalue weighted by Crippen LogP contribution is 2.24. The van der Waals surface area contributed by atoms with Gasteiger partial charge in [-0.1, -0.05) is 26.0 Å². The molecule has 3 heteroatoms. The minimum absolute atomic E-state index is 0.0827. The summed E-state index contributed by atoms with van der Waals surface area (Å²) in [5, 5.41) is 17.7. The molecule has 0 saturated heterocycles. The lowest BCUT2D eigenvalue weighted by atomic mass is 10.1. The Balaban J connectivity index is 0.000000921. The van der Waals surface area contributed by atoms with E-state index in [0.29, 0.717) is 5.75 Å². The summed E-state index contributed by atoms with van der Waals surface area (Å²) in [7, 11) is 0. The topological polar surface area (TPSA) is 40.5 Å². The second kappa shape index (κ2) is 8.77. The second-order valence-corrected chi connectivity index (χ2v) is 3.91. The highest BCUT2D eigenvalue weighted by Gasteiger charge is 2.02. The van der Waals surface area contributed by atoms with Crippen molar-refractivity contribution in [2.45, 2.75) is 32.3 Å². The van der Waals surface area contributed by atoms with Crippen LogP contribution >= 0.6 is 11.8 Å². The first-order valence-corrected chi connectivity index (χ1v) is 6.21. The van der Waals surface area contributed by atoms with Gasteiger partial charge in [0, 0.05) is 10.6 Å². The molecule has 0 saturated carbocycles. The minimum atomic E-state index is 0.0827. The quantitative estimate of drug-likeness (QED) is 0.778. The number of thioether (sulfide) groups is 1. The molecule has 1 aromatic carbocycles. The van der Waals surface area contributed by atoms with E-state index in [-0.39, 0.29) is 13.2 Å². The summed E-state index contributed by atoms with van der Waals surface area (Å²) in [4.78, 5) is 1.14. The van der Waals surface area contributed by atoms with Crippen molar-refractivity contribution in [3.63, 3.8) is 0 Å². The predicted octanol–water partition coefficient (Wildman–Crippen LogP) is 2.60. The third-order valence-corrected chi connectivity index (χ3v) is 3.06. The molecule has 2 N–H and O–H groups in total. The first-order valence-electron chi connectivity index (χ1n) is 5.22. The van der Waals surface area contributed by atoms with Crippen LogP contribution in [0.2, 0.25) is 0 Å². The second-order valence-electron chi connectivity index (χ2n) is 2.77. The van der Waals surface area contributed by atoms with Crippen molar-refractivity contribution < 1.29 is 10.2 Å². The maximum absolute atomic E-state index is 9.01. The molecule has 0 aromatic heterocycles. The third kappa shape index (κ3) is 4.69. The van der Waals surface area contributed by atoms with Crippen LogP contribution in [0.1, 0.15) is 25.0 Å². The Morgan fingerprint density at radius 1 is 1.20 bits per heavy atom. The molecular weight excluding hydrogens is 208 g/mol. The zero-order valence-corrected chi connectivity index (χ0v) is 10.5. The minimum Gasteiger partial charge on any atom is -0.396 e. The zero-order valence-electron chi connectivity index (χ0n) is 9.66. The van der Waals surface area contributed by atoms with Gasteiger partial charge in [-0.05, 0) is 24.1 Å². The number of hydrogen-bond donors (Lipinski definition) is 2. The standard InChI is InChI=1S/C10H14O2S.C2H6/c1-8-9(7-12)3-2-4-10(8)13-6-5-11;1-2/h2-4,11-12H,5-7H2,1H3;1-2H3. The van der Waals surface area contributed by atoms with Gasteiger partial charge in [0.2, 0.25) is 0 Å². The third-order valence-electron chi connectivity index (χ3n) is 1.92. The summed E-state index contributed by atoms with van der Waals surface area (Å²) in [5.74, 6) is 0.704. The molecule has 0 unspecified atom stereocenters. The Morgan fingerprint density at radius 3 is 2.40 bits per heavy atom. The van der Waals surface area contributed by atoms with Gasteiger partial charge in [-0.15, -0.1) is 11.8 Å². The first-order chi connectivity index (χ1) is 7.29. The lowest BCUT2D eigenvalue weighted by Crippen LogP contribution is -1.92. The van der Waals surface area contributed by atoms with Gasteiger partial charge in [0.1, 0.15) is 0 Å². The van der Waals surface area contributed by atoms with Crippen LogP contribution < -0.4 is 0 Å². The molecule has 86 valence electrons. The fourth-order valence-corrected chi connectivity index (χ4v) is 1.98. The molecule has 0 fully saturated rings. The molecule has 0 aliphatic carbocycles. The molecule has 0 bridgehead atoms. The van der Waals surface area contributed by atoms with Crippen molar-refractivity contribution >= 4 is 11.8 Å². The highest BCUT2D eigenvalue weighted by molar-refractivity contribution is 7.99.